The number of ether oxygens (including phenoxy) is 1. The number of hydrogen-bond acceptors (Lipinski definition) is 5. The van der Waals surface area contributed by atoms with Crippen LogP contribution < -0.4 is 15.8 Å². The van der Waals surface area contributed by atoms with Crippen molar-refractivity contribution in [3.8, 4) is 11.4 Å². The number of benzene rings is 2. The molecule has 4 aromatic rings. The van der Waals surface area contributed by atoms with Crippen LogP contribution in [0.4, 0.5) is 5.82 Å². The second-order valence-electron chi connectivity index (χ2n) is 7.48. The number of nitrogen functional groups attached to an aromatic ring is 1. The van der Waals surface area contributed by atoms with Gasteiger partial charge in [-0.3, -0.25) is 9.36 Å². The number of aromatic nitrogens is 3. The van der Waals surface area contributed by atoms with Gasteiger partial charge in [0.25, 0.3) is 5.91 Å². The summed E-state index contributed by atoms with van der Waals surface area (Å²) in [5.41, 5.74) is 10.0. The predicted molar refractivity (Wildman–Crippen MR) is 119 cm³/mol. The molecule has 0 radical (unpaired) electrons. The molecule has 7 heteroatoms. The van der Waals surface area contributed by atoms with Gasteiger partial charge < -0.3 is 15.8 Å². The fraction of sp³-hybridized carbons (Fsp3) is 0.261. The molecule has 0 unspecified atom stereocenters. The first-order valence-electron chi connectivity index (χ1n) is 10.1. The Hall–Kier alpha value is -3.61. The lowest BCUT2D eigenvalue weighted by atomic mass is 10.2. The molecule has 3 N–H and O–H groups in total. The van der Waals surface area contributed by atoms with Gasteiger partial charge in [0.2, 0.25) is 0 Å². The van der Waals surface area contributed by atoms with Gasteiger partial charge in [-0.2, -0.15) is 0 Å². The first-order valence-corrected chi connectivity index (χ1v) is 10.1. The molecule has 0 saturated carbocycles. The molecule has 2 aromatic heterocycles. The number of hydrogen-bond donors (Lipinski definition) is 2. The van der Waals surface area contributed by atoms with E-state index in [1.54, 1.807) is 4.57 Å². The van der Waals surface area contributed by atoms with Crippen LogP contribution in [0.3, 0.4) is 0 Å². The number of amides is 1. The van der Waals surface area contributed by atoms with Crippen LogP contribution in [0, 0.1) is 5.92 Å². The number of carbonyl (C=O) groups is 1. The first kappa shape index (κ1) is 19.7. The smallest absolute Gasteiger partial charge is 0.257 e. The van der Waals surface area contributed by atoms with E-state index in [2.05, 4.69) is 5.32 Å². The fourth-order valence-corrected chi connectivity index (χ4v) is 3.43. The molecule has 7 nitrogen and oxygen atoms in total. The van der Waals surface area contributed by atoms with Gasteiger partial charge in [0.1, 0.15) is 22.6 Å². The van der Waals surface area contributed by atoms with Crippen molar-refractivity contribution < 1.29 is 9.53 Å². The zero-order chi connectivity index (χ0) is 21.3. The minimum atomic E-state index is -0.261. The summed E-state index contributed by atoms with van der Waals surface area (Å²) in [4.78, 5) is 22.6. The third kappa shape index (κ3) is 3.43. The van der Waals surface area contributed by atoms with Crippen LogP contribution in [0.25, 0.3) is 27.9 Å². The van der Waals surface area contributed by atoms with Crippen LogP contribution in [0.2, 0.25) is 0 Å². The largest absolute Gasteiger partial charge is 0.492 e. The lowest BCUT2D eigenvalue weighted by Gasteiger charge is -2.13. The Morgan fingerprint density at radius 1 is 1.10 bits per heavy atom. The highest BCUT2D eigenvalue weighted by Gasteiger charge is 2.26. The van der Waals surface area contributed by atoms with Crippen molar-refractivity contribution in [1.82, 2.24) is 19.9 Å². The van der Waals surface area contributed by atoms with Gasteiger partial charge in [-0.05, 0) is 37.1 Å². The van der Waals surface area contributed by atoms with Gasteiger partial charge in [-0.15, -0.1) is 0 Å². The number of rotatable bonds is 6. The number of nitrogens with one attached hydrogen (secondary N) is 1. The Morgan fingerprint density at radius 3 is 2.47 bits per heavy atom. The van der Waals surface area contributed by atoms with E-state index in [0.717, 1.165) is 5.52 Å². The second-order valence-corrected chi connectivity index (χ2v) is 7.48. The molecule has 2 heterocycles. The number of nitrogens with two attached hydrogens (primary N) is 1. The number of anilines is 1. The molecule has 0 aliphatic heterocycles. The summed E-state index contributed by atoms with van der Waals surface area (Å²) < 4.78 is 7.56. The Morgan fingerprint density at radius 2 is 1.77 bits per heavy atom. The summed E-state index contributed by atoms with van der Waals surface area (Å²) in [6.45, 7) is 7.05. The predicted octanol–water partition coefficient (Wildman–Crippen LogP) is 3.94. The van der Waals surface area contributed by atoms with Crippen molar-refractivity contribution in [3.63, 3.8) is 0 Å². The molecular formula is C23H25N5O2. The normalized spacial score (nSPS) is 11.3. The SMILES string of the molecule is CCOc1ccccc1-n1c(N)c(C(=O)NCC(C)C)c2nc3ccccc3nc21. The first-order chi connectivity index (χ1) is 14.5. The zero-order valence-electron chi connectivity index (χ0n) is 17.3. The van der Waals surface area contributed by atoms with Crippen molar-refractivity contribution in [2.75, 3.05) is 18.9 Å². The van der Waals surface area contributed by atoms with Crippen molar-refractivity contribution >= 4 is 33.9 Å². The van der Waals surface area contributed by atoms with Gasteiger partial charge in [-0.1, -0.05) is 38.1 Å². The molecule has 0 atom stereocenters. The van der Waals surface area contributed by atoms with Crippen molar-refractivity contribution in [2.24, 2.45) is 5.92 Å². The van der Waals surface area contributed by atoms with Gasteiger partial charge in [0.15, 0.2) is 5.65 Å². The maximum absolute atomic E-state index is 13.1. The van der Waals surface area contributed by atoms with Crippen LogP contribution in [-0.4, -0.2) is 33.6 Å². The minimum Gasteiger partial charge on any atom is -0.492 e. The third-order valence-electron chi connectivity index (χ3n) is 4.80. The van der Waals surface area contributed by atoms with Crippen LogP contribution in [0.1, 0.15) is 31.1 Å². The summed E-state index contributed by atoms with van der Waals surface area (Å²) in [5, 5.41) is 2.95. The average Bonchev–Trinajstić information content (AvgIpc) is 3.01. The number of carbonyl (C=O) groups excluding carboxylic acids is 1. The number of fused-ring (bicyclic) bond motifs is 2. The van der Waals surface area contributed by atoms with Crippen molar-refractivity contribution in [1.29, 1.82) is 0 Å². The topological polar surface area (TPSA) is 95.1 Å². The molecule has 0 bridgehead atoms. The van der Waals surface area contributed by atoms with E-state index in [0.29, 0.717) is 52.8 Å². The van der Waals surface area contributed by atoms with Gasteiger partial charge in [-0.25, -0.2) is 9.97 Å². The molecule has 0 aliphatic rings. The van der Waals surface area contributed by atoms with E-state index in [4.69, 9.17) is 20.4 Å². The Kier molecular flexibility index (Phi) is 5.27. The van der Waals surface area contributed by atoms with Gasteiger partial charge >= 0.3 is 0 Å². The van der Waals surface area contributed by atoms with E-state index in [9.17, 15) is 4.79 Å². The maximum Gasteiger partial charge on any atom is 0.257 e. The average molecular weight is 403 g/mol. The Labute approximate surface area is 174 Å². The van der Waals surface area contributed by atoms with Gasteiger partial charge in [0.05, 0.1) is 23.3 Å². The lowest BCUT2D eigenvalue weighted by molar-refractivity contribution is 0.0951. The summed E-state index contributed by atoms with van der Waals surface area (Å²) >= 11 is 0. The maximum atomic E-state index is 13.1. The Bertz CT molecular complexity index is 1230. The highest BCUT2D eigenvalue weighted by Crippen LogP contribution is 2.34. The molecule has 0 fully saturated rings. The van der Waals surface area contributed by atoms with E-state index < -0.39 is 0 Å². The number of para-hydroxylation sites is 4. The third-order valence-corrected chi connectivity index (χ3v) is 4.80. The Balaban J connectivity index is 2.01. The van der Waals surface area contributed by atoms with Crippen molar-refractivity contribution in [3.05, 3.63) is 54.1 Å². The van der Waals surface area contributed by atoms with E-state index >= 15 is 0 Å². The molecule has 1 amide bonds. The molecule has 4 rings (SSSR count). The van der Waals surface area contributed by atoms with E-state index in [1.807, 2.05) is 69.3 Å². The minimum absolute atomic E-state index is 0.261. The van der Waals surface area contributed by atoms with Crippen LogP contribution >= 0.6 is 0 Å². The number of nitrogens with zero attached hydrogens (tertiary/aromatic N) is 3. The fourth-order valence-electron chi connectivity index (χ4n) is 3.43. The quantitative estimate of drug-likeness (QED) is 0.508. The summed E-state index contributed by atoms with van der Waals surface area (Å²) in [6.07, 6.45) is 0. The van der Waals surface area contributed by atoms with E-state index in [-0.39, 0.29) is 11.7 Å². The molecular weight excluding hydrogens is 378 g/mol. The van der Waals surface area contributed by atoms with Crippen molar-refractivity contribution in [2.45, 2.75) is 20.8 Å². The molecule has 0 saturated heterocycles. The summed E-state index contributed by atoms with van der Waals surface area (Å²) in [5.74, 6) is 0.999. The highest BCUT2D eigenvalue weighted by atomic mass is 16.5. The zero-order valence-corrected chi connectivity index (χ0v) is 17.3. The van der Waals surface area contributed by atoms with Crippen LogP contribution in [-0.2, 0) is 0 Å². The van der Waals surface area contributed by atoms with Crippen LogP contribution in [0.15, 0.2) is 48.5 Å². The highest BCUT2D eigenvalue weighted by molar-refractivity contribution is 6.11. The molecule has 154 valence electrons. The van der Waals surface area contributed by atoms with E-state index in [1.165, 1.54) is 0 Å². The summed E-state index contributed by atoms with van der Waals surface area (Å²) in [6, 6.07) is 15.1. The summed E-state index contributed by atoms with van der Waals surface area (Å²) in [7, 11) is 0. The van der Waals surface area contributed by atoms with Crippen LogP contribution in [0.5, 0.6) is 5.75 Å². The van der Waals surface area contributed by atoms with Gasteiger partial charge in [0, 0.05) is 6.54 Å². The molecule has 30 heavy (non-hydrogen) atoms. The standard InChI is InChI=1S/C23H25N5O2/c1-4-30-18-12-8-7-11-17(18)28-21(24)19(23(29)25-13-14(2)3)20-22(28)27-16-10-6-5-9-15(16)26-20/h5-12,14H,4,13,24H2,1-3H3,(H,25,29). The molecule has 0 aliphatic carbocycles. The molecule has 2 aromatic carbocycles. The second kappa shape index (κ2) is 8.02. The monoisotopic (exact) mass is 403 g/mol. The molecule has 0 spiro atoms. The lowest BCUT2D eigenvalue weighted by Crippen LogP contribution is -2.28.